The van der Waals surface area contributed by atoms with Gasteiger partial charge in [-0.1, -0.05) is 0 Å². The standard InChI is InChI=1S/C19H22N4O2S/c1-13-5-8-20-17(11-13)22-19(25)15-6-9-23(10-7-15)18(24)4-3-16-12-26-14(2)21-16/h3-5,8,11-12,15H,6-7,9-10H2,1-2H3,(H,20,22,25)/b4-3+. The molecule has 0 aliphatic carbocycles. The molecule has 26 heavy (non-hydrogen) atoms. The van der Waals surface area contributed by atoms with E-state index >= 15 is 0 Å². The molecule has 136 valence electrons. The first kappa shape index (κ1) is 18.3. The van der Waals surface area contributed by atoms with Crippen LogP contribution in [0.3, 0.4) is 0 Å². The third kappa shape index (κ3) is 4.76. The van der Waals surface area contributed by atoms with Gasteiger partial charge in [0.1, 0.15) is 5.82 Å². The first-order chi connectivity index (χ1) is 12.5. The van der Waals surface area contributed by atoms with Crippen LogP contribution in [0.4, 0.5) is 5.82 Å². The predicted octanol–water partition coefficient (Wildman–Crippen LogP) is 3.05. The number of likely N-dealkylation sites (tertiary alicyclic amines) is 1. The molecule has 1 fully saturated rings. The lowest BCUT2D eigenvalue weighted by atomic mass is 9.96. The minimum absolute atomic E-state index is 0.0244. The summed E-state index contributed by atoms with van der Waals surface area (Å²) in [6.45, 7) is 5.06. The molecule has 6 nitrogen and oxygen atoms in total. The van der Waals surface area contributed by atoms with E-state index in [1.807, 2.05) is 31.4 Å². The Morgan fingerprint density at radius 2 is 2.08 bits per heavy atom. The Morgan fingerprint density at radius 3 is 2.73 bits per heavy atom. The number of hydrogen-bond donors (Lipinski definition) is 1. The number of rotatable bonds is 4. The van der Waals surface area contributed by atoms with Crippen LogP contribution in [0.1, 0.15) is 29.1 Å². The van der Waals surface area contributed by atoms with Gasteiger partial charge >= 0.3 is 0 Å². The molecule has 0 unspecified atom stereocenters. The summed E-state index contributed by atoms with van der Waals surface area (Å²) in [6.07, 6.45) is 6.31. The maximum atomic E-state index is 12.4. The van der Waals surface area contributed by atoms with Gasteiger partial charge in [0.05, 0.1) is 10.7 Å². The van der Waals surface area contributed by atoms with Crippen LogP contribution in [-0.2, 0) is 9.59 Å². The highest BCUT2D eigenvalue weighted by Gasteiger charge is 2.26. The number of nitrogens with zero attached hydrogens (tertiary/aromatic N) is 3. The third-order valence-corrected chi connectivity index (χ3v) is 5.17. The van der Waals surface area contributed by atoms with Crippen molar-refractivity contribution in [3.63, 3.8) is 0 Å². The number of piperidine rings is 1. The number of anilines is 1. The molecule has 1 saturated heterocycles. The average molecular weight is 370 g/mol. The van der Waals surface area contributed by atoms with Crippen molar-refractivity contribution in [2.24, 2.45) is 5.92 Å². The largest absolute Gasteiger partial charge is 0.339 e. The minimum atomic E-state index is -0.0912. The molecule has 0 saturated carbocycles. The maximum Gasteiger partial charge on any atom is 0.246 e. The lowest BCUT2D eigenvalue weighted by Gasteiger charge is -2.30. The van der Waals surface area contributed by atoms with Crippen molar-refractivity contribution in [3.8, 4) is 0 Å². The Hall–Kier alpha value is -2.54. The zero-order valence-corrected chi connectivity index (χ0v) is 15.8. The number of aryl methyl sites for hydroxylation is 2. The molecule has 3 heterocycles. The highest BCUT2D eigenvalue weighted by molar-refractivity contribution is 7.09. The predicted molar refractivity (Wildman–Crippen MR) is 103 cm³/mol. The summed E-state index contributed by atoms with van der Waals surface area (Å²) >= 11 is 1.56. The molecule has 1 N–H and O–H groups in total. The molecule has 0 spiro atoms. The zero-order chi connectivity index (χ0) is 18.5. The van der Waals surface area contributed by atoms with Crippen LogP contribution >= 0.6 is 11.3 Å². The molecule has 0 atom stereocenters. The maximum absolute atomic E-state index is 12.4. The summed E-state index contributed by atoms with van der Waals surface area (Å²) < 4.78 is 0. The number of carbonyl (C=O) groups is 2. The third-order valence-electron chi connectivity index (χ3n) is 4.38. The van der Waals surface area contributed by atoms with E-state index in [2.05, 4.69) is 15.3 Å². The van der Waals surface area contributed by atoms with E-state index in [1.54, 1.807) is 34.6 Å². The van der Waals surface area contributed by atoms with Crippen molar-refractivity contribution in [2.75, 3.05) is 18.4 Å². The van der Waals surface area contributed by atoms with Crippen molar-refractivity contribution >= 4 is 35.0 Å². The Balaban J connectivity index is 1.49. The fourth-order valence-corrected chi connectivity index (χ4v) is 3.49. The highest BCUT2D eigenvalue weighted by atomic mass is 32.1. The summed E-state index contributed by atoms with van der Waals surface area (Å²) in [6, 6.07) is 3.74. The number of thiazole rings is 1. The second-order valence-electron chi connectivity index (χ2n) is 6.43. The van der Waals surface area contributed by atoms with Crippen molar-refractivity contribution in [1.29, 1.82) is 0 Å². The summed E-state index contributed by atoms with van der Waals surface area (Å²) in [5.41, 5.74) is 1.86. The number of pyridine rings is 1. The summed E-state index contributed by atoms with van der Waals surface area (Å²) in [4.78, 5) is 34.9. The minimum Gasteiger partial charge on any atom is -0.339 e. The van der Waals surface area contributed by atoms with Gasteiger partial charge in [-0.3, -0.25) is 9.59 Å². The molecule has 2 amide bonds. The van der Waals surface area contributed by atoms with E-state index in [0.29, 0.717) is 31.7 Å². The van der Waals surface area contributed by atoms with Crippen LogP contribution in [0.5, 0.6) is 0 Å². The van der Waals surface area contributed by atoms with E-state index in [1.165, 1.54) is 0 Å². The lowest BCUT2D eigenvalue weighted by Crippen LogP contribution is -2.40. The first-order valence-corrected chi connectivity index (χ1v) is 9.52. The van der Waals surface area contributed by atoms with E-state index in [-0.39, 0.29) is 17.7 Å². The molecular formula is C19H22N4O2S. The number of carbonyl (C=O) groups excluding carboxylic acids is 2. The molecule has 2 aromatic heterocycles. The fourth-order valence-electron chi connectivity index (χ4n) is 2.91. The summed E-state index contributed by atoms with van der Waals surface area (Å²) in [5.74, 6) is 0.431. The molecule has 2 aromatic rings. The number of amides is 2. The van der Waals surface area contributed by atoms with Crippen molar-refractivity contribution in [1.82, 2.24) is 14.9 Å². The zero-order valence-electron chi connectivity index (χ0n) is 14.9. The molecule has 0 radical (unpaired) electrons. The number of hydrogen-bond acceptors (Lipinski definition) is 5. The van der Waals surface area contributed by atoms with Gasteiger partial charge in [0, 0.05) is 36.7 Å². The van der Waals surface area contributed by atoms with Crippen LogP contribution in [0.15, 0.2) is 29.8 Å². The van der Waals surface area contributed by atoms with E-state index < -0.39 is 0 Å². The summed E-state index contributed by atoms with van der Waals surface area (Å²) in [7, 11) is 0. The lowest BCUT2D eigenvalue weighted by molar-refractivity contribution is -0.130. The molecule has 0 bridgehead atoms. The van der Waals surface area contributed by atoms with E-state index in [9.17, 15) is 9.59 Å². The van der Waals surface area contributed by atoms with E-state index in [4.69, 9.17) is 0 Å². The highest BCUT2D eigenvalue weighted by Crippen LogP contribution is 2.20. The van der Waals surface area contributed by atoms with Gasteiger partial charge in [0.15, 0.2) is 0 Å². The van der Waals surface area contributed by atoms with Crippen LogP contribution in [0.25, 0.3) is 6.08 Å². The van der Waals surface area contributed by atoms with Gasteiger partial charge in [0.25, 0.3) is 0 Å². The SMILES string of the molecule is Cc1ccnc(NC(=O)C2CCN(C(=O)/C=C/c3csc(C)n3)CC2)c1. The molecule has 0 aromatic carbocycles. The Kier molecular flexibility index (Phi) is 5.78. The molecule has 1 aliphatic rings. The Bertz CT molecular complexity index is 822. The average Bonchev–Trinajstić information content (AvgIpc) is 3.05. The molecule has 7 heteroatoms. The smallest absolute Gasteiger partial charge is 0.246 e. The number of nitrogens with one attached hydrogen (secondary N) is 1. The van der Waals surface area contributed by atoms with Gasteiger partial charge in [-0.2, -0.15) is 0 Å². The first-order valence-electron chi connectivity index (χ1n) is 8.64. The fraction of sp³-hybridized carbons (Fsp3) is 0.368. The molecule has 1 aliphatic heterocycles. The quantitative estimate of drug-likeness (QED) is 0.840. The van der Waals surface area contributed by atoms with Crippen LogP contribution < -0.4 is 5.32 Å². The number of aromatic nitrogens is 2. The van der Waals surface area contributed by atoms with Crippen LogP contribution in [-0.4, -0.2) is 39.8 Å². The second kappa shape index (κ2) is 8.23. The van der Waals surface area contributed by atoms with Crippen molar-refractivity contribution < 1.29 is 9.59 Å². The van der Waals surface area contributed by atoms with Gasteiger partial charge in [-0.25, -0.2) is 9.97 Å². The van der Waals surface area contributed by atoms with Crippen molar-refractivity contribution in [3.05, 3.63) is 46.1 Å². The topological polar surface area (TPSA) is 75.2 Å². The Morgan fingerprint density at radius 1 is 1.31 bits per heavy atom. The molecule has 3 rings (SSSR count). The van der Waals surface area contributed by atoms with Crippen molar-refractivity contribution in [2.45, 2.75) is 26.7 Å². The normalized spacial score (nSPS) is 15.4. The van der Waals surface area contributed by atoms with Gasteiger partial charge in [0.2, 0.25) is 11.8 Å². The molecular weight excluding hydrogens is 348 g/mol. The summed E-state index contributed by atoms with van der Waals surface area (Å²) in [5, 5.41) is 5.78. The van der Waals surface area contributed by atoms with Gasteiger partial charge < -0.3 is 10.2 Å². The van der Waals surface area contributed by atoms with E-state index in [0.717, 1.165) is 16.3 Å². The monoisotopic (exact) mass is 370 g/mol. The Labute approximate surface area is 157 Å². The van der Waals surface area contributed by atoms with Crippen LogP contribution in [0.2, 0.25) is 0 Å². The van der Waals surface area contributed by atoms with Gasteiger partial charge in [-0.05, 0) is 50.5 Å². The van der Waals surface area contributed by atoms with Gasteiger partial charge in [-0.15, -0.1) is 11.3 Å². The second-order valence-corrected chi connectivity index (χ2v) is 7.49. The van der Waals surface area contributed by atoms with Crippen LogP contribution in [0, 0.1) is 19.8 Å².